The summed E-state index contributed by atoms with van der Waals surface area (Å²) >= 11 is 0. The van der Waals surface area contributed by atoms with Crippen molar-refractivity contribution >= 4 is 5.69 Å². The molecule has 112 valence electrons. The predicted molar refractivity (Wildman–Crippen MR) is 87.2 cm³/mol. The molecule has 0 aromatic heterocycles. The Kier molecular flexibility index (Phi) is 5.95. The van der Waals surface area contributed by atoms with Crippen LogP contribution in [0.1, 0.15) is 25.8 Å². The first-order chi connectivity index (χ1) is 10.3. The van der Waals surface area contributed by atoms with Crippen molar-refractivity contribution < 1.29 is 9.47 Å². The lowest BCUT2D eigenvalue weighted by atomic mass is 10.2. The molecular weight excluding hydrogens is 262 g/mol. The highest BCUT2D eigenvalue weighted by molar-refractivity contribution is 5.47. The summed E-state index contributed by atoms with van der Waals surface area (Å²) in [6, 6.07) is 16.2. The minimum Gasteiger partial charge on any atom is -0.494 e. The average Bonchev–Trinajstić information content (AvgIpc) is 2.53. The van der Waals surface area contributed by atoms with Gasteiger partial charge >= 0.3 is 0 Å². The molecule has 3 nitrogen and oxygen atoms in total. The van der Waals surface area contributed by atoms with E-state index in [1.54, 1.807) is 0 Å². The molecule has 2 aromatic rings. The summed E-state index contributed by atoms with van der Waals surface area (Å²) in [5.74, 6) is 1.85. The van der Waals surface area contributed by atoms with Gasteiger partial charge in [-0.15, -0.1) is 0 Å². The maximum Gasteiger partial charge on any atom is 0.124 e. The van der Waals surface area contributed by atoms with Crippen LogP contribution in [0.2, 0.25) is 0 Å². The lowest BCUT2D eigenvalue weighted by Crippen LogP contribution is -2.04. The van der Waals surface area contributed by atoms with E-state index in [1.807, 2.05) is 49.4 Å². The fraction of sp³-hybridized carbons (Fsp3) is 0.333. The Hall–Kier alpha value is -2.16. The molecule has 0 spiro atoms. The van der Waals surface area contributed by atoms with Crippen LogP contribution in [0, 0.1) is 0 Å². The van der Waals surface area contributed by atoms with E-state index < -0.39 is 0 Å². The number of anilines is 1. The van der Waals surface area contributed by atoms with Crippen molar-refractivity contribution in [3.63, 3.8) is 0 Å². The van der Waals surface area contributed by atoms with Gasteiger partial charge in [0.25, 0.3) is 0 Å². The molecule has 0 aliphatic carbocycles. The Morgan fingerprint density at radius 2 is 1.67 bits per heavy atom. The van der Waals surface area contributed by atoms with E-state index >= 15 is 0 Å². The third-order valence-corrected chi connectivity index (χ3v) is 3.08. The summed E-state index contributed by atoms with van der Waals surface area (Å²) in [7, 11) is 0. The Bertz CT molecular complexity index is 537. The molecule has 21 heavy (non-hydrogen) atoms. The SMILES string of the molecule is CCCOc1ccccc1CNc1ccc(OCC)cc1. The minimum atomic E-state index is 0.689. The van der Waals surface area contributed by atoms with Crippen molar-refractivity contribution in [2.45, 2.75) is 26.8 Å². The maximum absolute atomic E-state index is 5.77. The van der Waals surface area contributed by atoms with Gasteiger partial charge in [-0.1, -0.05) is 25.1 Å². The first-order valence-electron chi connectivity index (χ1n) is 7.51. The Morgan fingerprint density at radius 1 is 0.905 bits per heavy atom. The van der Waals surface area contributed by atoms with Gasteiger partial charge in [0.05, 0.1) is 13.2 Å². The van der Waals surface area contributed by atoms with Crippen LogP contribution in [0.4, 0.5) is 5.69 Å². The molecule has 0 aliphatic rings. The Labute approximate surface area is 126 Å². The molecule has 0 heterocycles. The number of hydrogen-bond acceptors (Lipinski definition) is 3. The zero-order valence-electron chi connectivity index (χ0n) is 12.8. The third-order valence-electron chi connectivity index (χ3n) is 3.08. The van der Waals surface area contributed by atoms with Crippen LogP contribution in [-0.4, -0.2) is 13.2 Å². The van der Waals surface area contributed by atoms with Crippen LogP contribution < -0.4 is 14.8 Å². The largest absolute Gasteiger partial charge is 0.494 e. The first-order valence-corrected chi connectivity index (χ1v) is 7.51. The van der Waals surface area contributed by atoms with Gasteiger partial charge in [-0.3, -0.25) is 0 Å². The smallest absolute Gasteiger partial charge is 0.124 e. The number of ether oxygens (including phenoxy) is 2. The summed E-state index contributed by atoms with van der Waals surface area (Å²) in [4.78, 5) is 0. The molecular formula is C18H23NO2. The summed E-state index contributed by atoms with van der Waals surface area (Å²) in [5.41, 5.74) is 2.24. The molecule has 0 bridgehead atoms. The summed E-state index contributed by atoms with van der Waals surface area (Å²) in [5, 5.41) is 3.41. The van der Waals surface area contributed by atoms with Gasteiger partial charge in [-0.05, 0) is 43.7 Å². The normalized spacial score (nSPS) is 10.2. The number of nitrogens with one attached hydrogen (secondary N) is 1. The van der Waals surface area contributed by atoms with Crippen LogP contribution in [0.5, 0.6) is 11.5 Å². The molecule has 0 amide bonds. The van der Waals surface area contributed by atoms with Gasteiger partial charge in [0, 0.05) is 17.8 Å². The second kappa shape index (κ2) is 8.20. The van der Waals surface area contributed by atoms with E-state index in [9.17, 15) is 0 Å². The fourth-order valence-electron chi connectivity index (χ4n) is 2.04. The van der Waals surface area contributed by atoms with Gasteiger partial charge in [0.15, 0.2) is 0 Å². The highest BCUT2D eigenvalue weighted by atomic mass is 16.5. The highest BCUT2D eigenvalue weighted by Crippen LogP contribution is 2.21. The average molecular weight is 285 g/mol. The van der Waals surface area contributed by atoms with Crippen molar-refractivity contribution in [1.29, 1.82) is 0 Å². The number of benzene rings is 2. The Morgan fingerprint density at radius 3 is 2.38 bits per heavy atom. The van der Waals surface area contributed by atoms with E-state index in [2.05, 4.69) is 18.3 Å². The van der Waals surface area contributed by atoms with Gasteiger partial charge < -0.3 is 14.8 Å². The van der Waals surface area contributed by atoms with Crippen molar-refractivity contribution in [2.24, 2.45) is 0 Å². The van der Waals surface area contributed by atoms with E-state index in [0.29, 0.717) is 6.61 Å². The Balaban J connectivity index is 1.96. The van der Waals surface area contributed by atoms with Crippen LogP contribution in [0.15, 0.2) is 48.5 Å². The number of para-hydroxylation sites is 1. The predicted octanol–water partition coefficient (Wildman–Crippen LogP) is 4.49. The molecule has 0 atom stereocenters. The van der Waals surface area contributed by atoms with E-state index in [-0.39, 0.29) is 0 Å². The van der Waals surface area contributed by atoms with Gasteiger partial charge in [-0.25, -0.2) is 0 Å². The molecule has 2 aromatic carbocycles. The monoisotopic (exact) mass is 285 g/mol. The molecule has 1 N–H and O–H groups in total. The molecule has 0 unspecified atom stereocenters. The lowest BCUT2D eigenvalue weighted by molar-refractivity contribution is 0.314. The summed E-state index contributed by atoms with van der Waals surface area (Å²) in [6.07, 6.45) is 1.01. The topological polar surface area (TPSA) is 30.5 Å². The summed E-state index contributed by atoms with van der Waals surface area (Å²) in [6.45, 7) is 6.28. The third kappa shape index (κ3) is 4.71. The van der Waals surface area contributed by atoms with E-state index in [0.717, 1.165) is 36.8 Å². The van der Waals surface area contributed by atoms with Crippen LogP contribution in [-0.2, 0) is 6.54 Å². The number of hydrogen-bond donors (Lipinski definition) is 1. The zero-order chi connectivity index (χ0) is 14.9. The van der Waals surface area contributed by atoms with Crippen LogP contribution in [0.3, 0.4) is 0 Å². The molecule has 0 saturated carbocycles. The second-order valence-electron chi connectivity index (χ2n) is 4.77. The molecule has 0 saturated heterocycles. The van der Waals surface area contributed by atoms with Crippen molar-refractivity contribution in [3.05, 3.63) is 54.1 Å². The van der Waals surface area contributed by atoms with Crippen LogP contribution in [0.25, 0.3) is 0 Å². The minimum absolute atomic E-state index is 0.689. The quantitative estimate of drug-likeness (QED) is 0.775. The second-order valence-corrected chi connectivity index (χ2v) is 4.77. The van der Waals surface area contributed by atoms with Gasteiger partial charge in [0.1, 0.15) is 11.5 Å². The van der Waals surface area contributed by atoms with Gasteiger partial charge in [0.2, 0.25) is 0 Å². The van der Waals surface area contributed by atoms with Crippen molar-refractivity contribution in [3.8, 4) is 11.5 Å². The van der Waals surface area contributed by atoms with Crippen LogP contribution >= 0.6 is 0 Å². The number of rotatable bonds is 8. The maximum atomic E-state index is 5.77. The molecule has 2 rings (SSSR count). The van der Waals surface area contributed by atoms with Gasteiger partial charge in [-0.2, -0.15) is 0 Å². The van der Waals surface area contributed by atoms with E-state index in [4.69, 9.17) is 9.47 Å². The first kappa shape index (κ1) is 15.2. The molecule has 0 fully saturated rings. The van der Waals surface area contributed by atoms with Crippen molar-refractivity contribution in [1.82, 2.24) is 0 Å². The fourth-order valence-corrected chi connectivity index (χ4v) is 2.04. The highest BCUT2D eigenvalue weighted by Gasteiger charge is 2.02. The van der Waals surface area contributed by atoms with E-state index in [1.165, 1.54) is 5.56 Å². The zero-order valence-corrected chi connectivity index (χ0v) is 12.8. The molecule has 0 aliphatic heterocycles. The van der Waals surface area contributed by atoms with Crippen molar-refractivity contribution in [2.75, 3.05) is 18.5 Å². The summed E-state index contributed by atoms with van der Waals surface area (Å²) < 4.78 is 11.2. The molecule has 0 radical (unpaired) electrons. The lowest BCUT2D eigenvalue weighted by Gasteiger charge is -2.12. The molecule has 3 heteroatoms. The standard InChI is InChI=1S/C18H23NO2/c1-3-13-21-18-8-6-5-7-15(18)14-19-16-9-11-17(12-10-16)20-4-2/h5-12,19H,3-4,13-14H2,1-2H3.